The molecule has 3 aromatic rings. The first-order valence-electron chi connectivity index (χ1n) is 6.68. The van der Waals surface area contributed by atoms with Crippen molar-refractivity contribution in [2.45, 2.75) is 25.9 Å². The summed E-state index contributed by atoms with van der Waals surface area (Å²) in [5.41, 5.74) is 1.52. The first-order valence-corrected chi connectivity index (χ1v) is 7.47. The number of hydrogen-bond donors (Lipinski definition) is 1. The van der Waals surface area contributed by atoms with Crippen molar-refractivity contribution in [3.05, 3.63) is 46.5 Å². The van der Waals surface area contributed by atoms with Crippen molar-refractivity contribution in [2.24, 2.45) is 0 Å². The number of H-pyrrole nitrogens is 1. The second kappa shape index (κ2) is 5.99. The number of nitrogens with zero attached hydrogens (tertiary/aromatic N) is 3. The average Bonchev–Trinajstić information content (AvgIpc) is 3.05. The van der Waals surface area contributed by atoms with Gasteiger partial charge in [-0.15, -0.1) is 0 Å². The molecule has 0 saturated carbocycles. The summed E-state index contributed by atoms with van der Waals surface area (Å²) >= 11 is 11.1. The number of hydrogen-bond acceptors (Lipinski definition) is 2. The standard InChI is InChI=1S/C14H14ClFN4S/c15-10-7-12-13(8-11(10)16)20(14(21)18-12)5-2-1-4-19-6-3-17-9-19/h3,6-9H,1-2,4-5H2,(H,18,21). The van der Waals surface area contributed by atoms with Crippen molar-refractivity contribution >= 4 is 34.9 Å². The smallest absolute Gasteiger partial charge is 0.178 e. The van der Waals surface area contributed by atoms with Crippen molar-refractivity contribution in [3.8, 4) is 0 Å². The Bertz CT molecular complexity index is 806. The lowest BCUT2D eigenvalue weighted by Gasteiger charge is -2.06. The Balaban J connectivity index is 1.73. The van der Waals surface area contributed by atoms with E-state index >= 15 is 0 Å². The van der Waals surface area contributed by atoms with Gasteiger partial charge in [-0.1, -0.05) is 11.6 Å². The van der Waals surface area contributed by atoms with Crippen LogP contribution in [0.5, 0.6) is 0 Å². The van der Waals surface area contributed by atoms with Gasteiger partial charge in [0.15, 0.2) is 4.77 Å². The lowest BCUT2D eigenvalue weighted by molar-refractivity contribution is 0.555. The molecule has 0 amide bonds. The number of aromatic nitrogens is 4. The Morgan fingerprint density at radius 2 is 2.10 bits per heavy atom. The summed E-state index contributed by atoms with van der Waals surface area (Å²) in [5.74, 6) is -0.426. The molecule has 0 spiro atoms. The minimum absolute atomic E-state index is 0.103. The van der Waals surface area contributed by atoms with Crippen LogP contribution in [0.25, 0.3) is 11.0 Å². The number of aromatic amines is 1. The number of aryl methyl sites for hydroxylation is 2. The summed E-state index contributed by atoms with van der Waals surface area (Å²) in [5, 5.41) is 0.103. The van der Waals surface area contributed by atoms with E-state index in [4.69, 9.17) is 23.8 Å². The molecule has 2 aromatic heterocycles. The van der Waals surface area contributed by atoms with Gasteiger partial charge in [-0.3, -0.25) is 0 Å². The van der Waals surface area contributed by atoms with Crippen LogP contribution in [0, 0.1) is 10.6 Å². The highest BCUT2D eigenvalue weighted by Crippen LogP contribution is 2.23. The molecule has 7 heteroatoms. The predicted octanol–water partition coefficient (Wildman–Crippen LogP) is 4.17. The van der Waals surface area contributed by atoms with E-state index in [1.165, 1.54) is 6.07 Å². The Kier molecular flexibility index (Phi) is 4.07. The molecule has 0 aliphatic carbocycles. The quantitative estimate of drug-likeness (QED) is 0.565. The topological polar surface area (TPSA) is 38.5 Å². The fourth-order valence-electron chi connectivity index (χ4n) is 2.36. The molecule has 0 aliphatic heterocycles. The van der Waals surface area contributed by atoms with Crippen LogP contribution in [-0.4, -0.2) is 19.1 Å². The highest BCUT2D eigenvalue weighted by molar-refractivity contribution is 7.71. The minimum Gasteiger partial charge on any atom is -0.337 e. The number of nitrogens with one attached hydrogen (secondary N) is 1. The van der Waals surface area contributed by atoms with Gasteiger partial charge in [0.2, 0.25) is 0 Å². The molecule has 0 fully saturated rings. The van der Waals surface area contributed by atoms with E-state index in [1.807, 2.05) is 15.3 Å². The number of benzene rings is 1. The fourth-order valence-corrected chi connectivity index (χ4v) is 2.82. The Hall–Kier alpha value is -1.66. The molecule has 1 aromatic carbocycles. The molecule has 110 valence electrons. The lowest BCUT2D eigenvalue weighted by Crippen LogP contribution is -2.01. The van der Waals surface area contributed by atoms with E-state index in [2.05, 4.69) is 9.97 Å². The largest absolute Gasteiger partial charge is 0.337 e. The Morgan fingerprint density at radius 1 is 1.29 bits per heavy atom. The van der Waals surface area contributed by atoms with Gasteiger partial charge in [0.05, 0.1) is 22.4 Å². The third-order valence-electron chi connectivity index (χ3n) is 3.42. The molecule has 0 aliphatic rings. The summed E-state index contributed by atoms with van der Waals surface area (Å²) in [6.07, 6.45) is 7.45. The molecule has 0 unspecified atom stereocenters. The zero-order chi connectivity index (χ0) is 14.8. The number of rotatable bonds is 5. The second-order valence-corrected chi connectivity index (χ2v) is 5.67. The van der Waals surface area contributed by atoms with Gasteiger partial charge >= 0.3 is 0 Å². The van der Waals surface area contributed by atoms with Crippen LogP contribution in [-0.2, 0) is 13.1 Å². The van der Waals surface area contributed by atoms with Gasteiger partial charge in [0.25, 0.3) is 0 Å². The van der Waals surface area contributed by atoms with Crippen LogP contribution < -0.4 is 0 Å². The summed E-state index contributed by atoms with van der Waals surface area (Å²) < 4.78 is 18.2. The number of halogens is 2. The Labute approximate surface area is 131 Å². The third-order valence-corrected chi connectivity index (χ3v) is 4.04. The molecule has 0 saturated heterocycles. The molecule has 1 N–H and O–H groups in total. The van der Waals surface area contributed by atoms with Crippen molar-refractivity contribution in [1.82, 2.24) is 19.1 Å². The third kappa shape index (κ3) is 3.01. The summed E-state index contributed by atoms with van der Waals surface area (Å²) in [4.78, 5) is 7.07. The summed E-state index contributed by atoms with van der Waals surface area (Å²) in [7, 11) is 0. The van der Waals surface area contributed by atoms with Crippen molar-refractivity contribution in [3.63, 3.8) is 0 Å². The SMILES string of the molecule is Fc1cc2c(cc1Cl)[nH]c(=S)n2CCCCn1ccnc1. The monoisotopic (exact) mass is 324 g/mol. The molecular formula is C14H14ClFN4S. The predicted molar refractivity (Wildman–Crippen MR) is 83.6 cm³/mol. The molecule has 0 radical (unpaired) electrons. The zero-order valence-electron chi connectivity index (χ0n) is 11.2. The molecule has 3 rings (SSSR count). The van der Waals surface area contributed by atoms with Gasteiger partial charge in [-0.05, 0) is 31.1 Å². The van der Waals surface area contributed by atoms with Gasteiger partial charge in [0, 0.05) is 31.5 Å². The maximum atomic E-state index is 13.6. The average molecular weight is 325 g/mol. The first-order chi connectivity index (χ1) is 10.1. The second-order valence-electron chi connectivity index (χ2n) is 4.87. The van der Waals surface area contributed by atoms with Crippen LogP contribution in [0.1, 0.15) is 12.8 Å². The molecule has 2 heterocycles. The van der Waals surface area contributed by atoms with Crippen molar-refractivity contribution in [2.75, 3.05) is 0 Å². The van der Waals surface area contributed by atoms with Crippen molar-refractivity contribution in [1.29, 1.82) is 0 Å². The van der Waals surface area contributed by atoms with Crippen LogP contribution in [0.3, 0.4) is 0 Å². The zero-order valence-corrected chi connectivity index (χ0v) is 12.8. The normalized spacial score (nSPS) is 11.3. The van der Waals surface area contributed by atoms with E-state index in [9.17, 15) is 4.39 Å². The van der Waals surface area contributed by atoms with Crippen LogP contribution in [0.15, 0.2) is 30.9 Å². The maximum absolute atomic E-state index is 13.6. The van der Waals surface area contributed by atoms with E-state index in [0.29, 0.717) is 4.77 Å². The summed E-state index contributed by atoms with van der Waals surface area (Å²) in [6, 6.07) is 3.00. The van der Waals surface area contributed by atoms with Gasteiger partial charge in [-0.2, -0.15) is 0 Å². The summed E-state index contributed by atoms with van der Waals surface area (Å²) in [6.45, 7) is 1.66. The van der Waals surface area contributed by atoms with Gasteiger partial charge in [-0.25, -0.2) is 9.37 Å². The van der Waals surface area contributed by atoms with Gasteiger partial charge in [0.1, 0.15) is 5.82 Å². The van der Waals surface area contributed by atoms with Crippen molar-refractivity contribution < 1.29 is 4.39 Å². The fraction of sp³-hybridized carbons (Fsp3) is 0.286. The lowest BCUT2D eigenvalue weighted by atomic mass is 10.2. The molecular weight excluding hydrogens is 311 g/mol. The highest BCUT2D eigenvalue weighted by Gasteiger charge is 2.08. The van der Waals surface area contributed by atoms with Crippen LogP contribution >= 0.6 is 23.8 Å². The molecule has 21 heavy (non-hydrogen) atoms. The Morgan fingerprint density at radius 3 is 2.86 bits per heavy atom. The van der Waals surface area contributed by atoms with E-state index in [1.54, 1.807) is 18.6 Å². The van der Waals surface area contributed by atoms with Crippen LogP contribution in [0.4, 0.5) is 4.39 Å². The van der Waals surface area contributed by atoms with E-state index in [-0.39, 0.29) is 5.02 Å². The maximum Gasteiger partial charge on any atom is 0.178 e. The van der Waals surface area contributed by atoms with Gasteiger partial charge < -0.3 is 14.1 Å². The van der Waals surface area contributed by atoms with E-state index < -0.39 is 5.82 Å². The first kappa shape index (κ1) is 14.3. The molecule has 4 nitrogen and oxygen atoms in total. The number of unbranched alkanes of at least 4 members (excludes halogenated alkanes) is 1. The van der Waals surface area contributed by atoms with Crippen LogP contribution in [0.2, 0.25) is 5.02 Å². The molecule has 0 bridgehead atoms. The number of fused-ring (bicyclic) bond motifs is 1. The number of imidazole rings is 2. The minimum atomic E-state index is -0.426. The van der Waals surface area contributed by atoms with E-state index in [0.717, 1.165) is 37.0 Å². The highest BCUT2D eigenvalue weighted by atomic mass is 35.5. The molecule has 0 atom stereocenters.